The number of piperidine rings is 1. The summed E-state index contributed by atoms with van der Waals surface area (Å²) >= 11 is 0. The molecule has 2 aliphatic heterocycles. The van der Waals surface area contributed by atoms with Crippen LogP contribution in [-0.2, 0) is 17.1 Å². The number of fused-ring (bicyclic) bond motifs is 1. The van der Waals surface area contributed by atoms with E-state index in [1.54, 1.807) is 48.1 Å². The van der Waals surface area contributed by atoms with Crippen molar-refractivity contribution in [2.45, 2.75) is 23.9 Å². The maximum absolute atomic E-state index is 12.6. The van der Waals surface area contributed by atoms with Gasteiger partial charge in [0.1, 0.15) is 16.3 Å². The van der Waals surface area contributed by atoms with Gasteiger partial charge in [0.25, 0.3) is 5.91 Å². The molecular weight excluding hydrogens is 382 g/mol. The number of nitrogens with zero attached hydrogens (tertiary/aromatic N) is 3. The number of aromatic nitrogens is 2. The molecule has 0 unspecified atom stereocenters. The van der Waals surface area contributed by atoms with Gasteiger partial charge in [-0.2, -0.15) is 9.82 Å². The highest BCUT2D eigenvalue weighted by molar-refractivity contribution is 7.89. The number of carbonyl (C=O) groups excluding carboxylic acids is 1. The van der Waals surface area contributed by atoms with Crippen LogP contribution in [0.2, 0.25) is 0 Å². The standard InChI is InChI=1S/C18H23N5O4S/c1-22-8-7-14(20-22)18(24)23-9-5-12(6-10-23)17-19-15-11-13(27-2)3-4-16(15)28(25,26)21-17/h3-4,7-8,11-12,17,19,21H,5-6,9-10H2,1-2H3/t17-/m1/s1. The van der Waals surface area contributed by atoms with Crippen molar-refractivity contribution in [1.29, 1.82) is 0 Å². The van der Waals surface area contributed by atoms with Crippen LogP contribution in [0.4, 0.5) is 5.69 Å². The number of sulfonamides is 1. The van der Waals surface area contributed by atoms with Crippen LogP contribution in [0.3, 0.4) is 0 Å². The average Bonchev–Trinajstić information content (AvgIpc) is 3.12. The number of aryl methyl sites for hydroxylation is 1. The Kier molecular flexibility index (Phi) is 4.76. The highest BCUT2D eigenvalue weighted by atomic mass is 32.2. The van der Waals surface area contributed by atoms with Gasteiger partial charge in [0.2, 0.25) is 10.0 Å². The predicted octanol–water partition coefficient (Wildman–Crippen LogP) is 1.01. The van der Waals surface area contributed by atoms with Crippen LogP contribution in [0, 0.1) is 5.92 Å². The number of anilines is 1. The zero-order valence-electron chi connectivity index (χ0n) is 15.8. The van der Waals surface area contributed by atoms with E-state index >= 15 is 0 Å². The lowest BCUT2D eigenvalue weighted by Crippen LogP contribution is -2.52. The third-order valence-electron chi connectivity index (χ3n) is 5.30. The molecule has 9 nitrogen and oxygen atoms in total. The second-order valence-electron chi connectivity index (χ2n) is 7.11. The van der Waals surface area contributed by atoms with Gasteiger partial charge >= 0.3 is 0 Å². The maximum Gasteiger partial charge on any atom is 0.274 e. The van der Waals surface area contributed by atoms with Crippen LogP contribution in [0.25, 0.3) is 0 Å². The van der Waals surface area contributed by atoms with E-state index < -0.39 is 16.2 Å². The van der Waals surface area contributed by atoms with Gasteiger partial charge in [0.05, 0.1) is 19.0 Å². The summed E-state index contributed by atoms with van der Waals surface area (Å²) in [6.45, 7) is 1.12. The van der Waals surface area contributed by atoms with Gasteiger partial charge in [0, 0.05) is 32.4 Å². The van der Waals surface area contributed by atoms with Crippen molar-refractivity contribution in [3.63, 3.8) is 0 Å². The number of hydrogen-bond donors (Lipinski definition) is 2. The van der Waals surface area contributed by atoms with E-state index in [2.05, 4.69) is 15.1 Å². The molecular formula is C18H23N5O4S. The fraction of sp³-hybridized carbons (Fsp3) is 0.444. The Labute approximate surface area is 163 Å². The zero-order chi connectivity index (χ0) is 19.9. The van der Waals surface area contributed by atoms with Gasteiger partial charge < -0.3 is 15.0 Å². The summed E-state index contributed by atoms with van der Waals surface area (Å²) in [4.78, 5) is 14.5. The number of methoxy groups -OCH3 is 1. The van der Waals surface area contributed by atoms with E-state index in [0.717, 1.165) is 0 Å². The van der Waals surface area contributed by atoms with Crippen LogP contribution in [-0.4, -0.2) is 55.4 Å². The molecule has 1 atom stereocenters. The Balaban J connectivity index is 1.45. The number of amides is 1. The molecule has 1 amide bonds. The highest BCUT2D eigenvalue weighted by Crippen LogP contribution is 2.33. The van der Waals surface area contributed by atoms with Gasteiger partial charge in [0.15, 0.2) is 0 Å². The van der Waals surface area contributed by atoms with Crippen molar-refractivity contribution in [2.75, 3.05) is 25.5 Å². The molecule has 0 spiro atoms. The van der Waals surface area contributed by atoms with E-state index in [1.165, 1.54) is 6.07 Å². The SMILES string of the molecule is COc1ccc2c(c1)N[C@@H](C1CCN(C(=O)c3ccn(C)n3)CC1)NS2(=O)=O. The summed E-state index contributed by atoms with van der Waals surface area (Å²) in [5.74, 6) is 0.575. The van der Waals surface area contributed by atoms with Crippen LogP contribution in [0.5, 0.6) is 5.75 Å². The number of likely N-dealkylation sites (tertiary alicyclic amines) is 1. The normalized spacial score (nSPS) is 21.6. The van der Waals surface area contributed by atoms with Crippen molar-refractivity contribution >= 4 is 21.6 Å². The first kappa shape index (κ1) is 18.8. The fourth-order valence-electron chi connectivity index (χ4n) is 3.75. The van der Waals surface area contributed by atoms with E-state index in [4.69, 9.17) is 4.74 Å². The number of nitrogens with one attached hydrogen (secondary N) is 2. The van der Waals surface area contributed by atoms with Crippen LogP contribution < -0.4 is 14.8 Å². The summed E-state index contributed by atoms with van der Waals surface area (Å²) in [7, 11) is -0.278. The number of hydrogen-bond acceptors (Lipinski definition) is 6. The minimum atomic E-state index is -3.60. The smallest absolute Gasteiger partial charge is 0.274 e. The Bertz CT molecular complexity index is 995. The molecule has 2 aromatic rings. The first-order chi connectivity index (χ1) is 13.4. The third-order valence-corrected chi connectivity index (χ3v) is 6.80. The lowest BCUT2D eigenvalue weighted by atomic mass is 9.93. The third kappa shape index (κ3) is 3.45. The van der Waals surface area contributed by atoms with Crippen LogP contribution in [0.15, 0.2) is 35.4 Å². The van der Waals surface area contributed by atoms with E-state index in [9.17, 15) is 13.2 Å². The van der Waals surface area contributed by atoms with Crippen LogP contribution >= 0.6 is 0 Å². The molecule has 2 N–H and O–H groups in total. The quantitative estimate of drug-likeness (QED) is 0.790. The zero-order valence-corrected chi connectivity index (χ0v) is 16.6. The van der Waals surface area contributed by atoms with E-state index in [-0.39, 0.29) is 16.7 Å². The molecule has 0 saturated carbocycles. The number of carbonyl (C=O) groups is 1. The monoisotopic (exact) mass is 405 g/mol. The molecule has 0 bridgehead atoms. The first-order valence-electron chi connectivity index (χ1n) is 9.13. The summed E-state index contributed by atoms with van der Waals surface area (Å²) in [6.07, 6.45) is 2.71. The minimum Gasteiger partial charge on any atom is -0.497 e. The Morgan fingerprint density at radius 1 is 1.25 bits per heavy atom. The fourth-order valence-corrected chi connectivity index (χ4v) is 5.12. The van der Waals surface area contributed by atoms with E-state index in [1.807, 2.05) is 0 Å². The summed E-state index contributed by atoms with van der Waals surface area (Å²) in [5, 5.41) is 7.45. The van der Waals surface area contributed by atoms with Crippen LogP contribution in [0.1, 0.15) is 23.3 Å². The molecule has 1 fully saturated rings. The van der Waals surface area contributed by atoms with Crippen molar-refractivity contribution in [1.82, 2.24) is 19.4 Å². The summed E-state index contributed by atoms with van der Waals surface area (Å²) in [6, 6.07) is 6.56. The van der Waals surface area contributed by atoms with Crippen molar-refractivity contribution < 1.29 is 17.9 Å². The van der Waals surface area contributed by atoms with Crippen molar-refractivity contribution in [2.24, 2.45) is 13.0 Å². The second kappa shape index (κ2) is 7.10. The molecule has 1 aromatic carbocycles. The van der Waals surface area contributed by atoms with Crippen molar-refractivity contribution in [3.05, 3.63) is 36.2 Å². The number of rotatable bonds is 3. The topological polar surface area (TPSA) is 106 Å². The molecule has 1 saturated heterocycles. The number of ether oxygens (including phenoxy) is 1. The van der Waals surface area contributed by atoms with Crippen molar-refractivity contribution in [3.8, 4) is 5.75 Å². The molecule has 0 radical (unpaired) electrons. The van der Waals surface area contributed by atoms with Gasteiger partial charge in [-0.25, -0.2) is 8.42 Å². The van der Waals surface area contributed by atoms with Gasteiger partial charge in [-0.3, -0.25) is 9.48 Å². The minimum absolute atomic E-state index is 0.0712. The average molecular weight is 405 g/mol. The van der Waals surface area contributed by atoms with Gasteiger partial charge in [-0.1, -0.05) is 0 Å². The van der Waals surface area contributed by atoms with Gasteiger partial charge in [-0.15, -0.1) is 0 Å². The Morgan fingerprint density at radius 3 is 2.64 bits per heavy atom. The van der Waals surface area contributed by atoms with E-state index in [0.29, 0.717) is 43.1 Å². The second-order valence-corrected chi connectivity index (χ2v) is 8.79. The lowest BCUT2D eigenvalue weighted by molar-refractivity contribution is 0.0672. The first-order valence-corrected chi connectivity index (χ1v) is 10.6. The molecule has 3 heterocycles. The molecule has 1 aromatic heterocycles. The molecule has 28 heavy (non-hydrogen) atoms. The predicted molar refractivity (Wildman–Crippen MR) is 103 cm³/mol. The summed E-state index contributed by atoms with van der Waals surface area (Å²) < 4.78 is 34.8. The number of benzene rings is 1. The molecule has 150 valence electrons. The molecule has 0 aliphatic carbocycles. The summed E-state index contributed by atoms with van der Waals surface area (Å²) in [5.41, 5.74) is 0.966. The molecule has 10 heteroatoms. The Hall–Kier alpha value is -2.59. The largest absolute Gasteiger partial charge is 0.497 e. The molecule has 2 aliphatic rings. The highest BCUT2D eigenvalue weighted by Gasteiger charge is 2.36. The van der Waals surface area contributed by atoms with Gasteiger partial charge in [-0.05, 0) is 37.0 Å². The Morgan fingerprint density at radius 2 is 2.00 bits per heavy atom. The maximum atomic E-state index is 12.6. The molecule has 4 rings (SSSR count). The lowest BCUT2D eigenvalue weighted by Gasteiger charge is -2.38.